The molecule has 1 N–H and O–H groups in total. The highest BCUT2D eigenvalue weighted by Crippen LogP contribution is 2.60. The second kappa shape index (κ2) is 2.71. The molecule has 1 nitrogen and oxygen atoms in total. The summed E-state index contributed by atoms with van der Waals surface area (Å²) >= 11 is 0. The van der Waals surface area contributed by atoms with Gasteiger partial charge in [0.2, 0.25) is 0 Å². The average molecular weight is 178 g/mol. The first-order chi connectivity index (χ1) is 6.10. The second-order valence-corrected chi connectivity index (χ2v) is 4.70. The van der Waals surface area contributed by atoms with E-state index in [1.807, 2.05) is 0 Å². The van der Waals surface area contributed by atoms with Crippen LogP contribution >= 0.6 is 0 Å². The highest BCUT2D eigenvalue weighted by molar-refractivity contribution is 5.27. The van der Waals surface area contributed by atoms with Crippen LogP contribution in [0.3, 0.4) is 0 Å². The quantitative estimate of drug-likeness (QED) is 0.644. The first kappa shape index (κ1) is 9.01. The third-order valence-electron chi connectivity index (χ3n) is 4.30. The second-order valence-electron chi connectivity index (χ2n) is 4.70. The maximum atomic E-state index is 9.93. The van der Waals surface area contributed by atoms with Crippen LogP contribution < -0.4 is 0 Å². The normalized spacial score (nSPS) is 45.2. The van der Waals surface area contributed by atoms with Crippen LogP contribution in [0, 0.1) is 17.3 Å². The maximum Gasteiger partial charge on any atom is 0.0811 e. The molecule has 0 spiro atoms. The van der Waals surface area contributed by atoms with Crippen molar-refractivity contribution in [2.24, 2.45) is 17.3 Å². The Labute approximate surface area is 80.2 Å². The Bertz CT molecular complexity index is 256. The van der Waals surface area contributed by atoms with Crippen LogP contribution in [-0.4, -0.2) is 11.2 Å². The number of fused-ring (bicyclic) bond motifs is 2. The van der Waals surface area contributed by atoms with Gasteiger partial charge in [0.25, 0.3) is 0 Å². The van der Waals surface area contributed by atoms with E-state index in [0.717, 1.165) is 0 Å². The summed E-state index contributed by atoms with van der Waals surface area (Å²) in [6.07, 6.45) is 5.02. The number of rotatable bonds is 2. The molecule has 2 saturated carbocycles. The summed E-state index contributed by atoms with van der Waals surface area (Å²) in [6.45, 7) is 9.97. The zero-order valence-corrected chi connectivity index (χ0v) is 8.29. The minimum atomic E-state index is -0.407. The predicted octanol–water partition coefficient (Wildman–Crippen LogP) is 2.53. The fraction of sp³-hybridized carbons (Fsp3) is 0.667. The zero-order chi connectivity index (χ0) is 9.64. The van der Waals surface area contributed by atoms with Gasteiger partial charge in [0.1, 0.15) is 0 Å². The van der Waals surface area contributed by atoms with Crippen molar-refractivity contribution in [3.05, 3.63) is 24.8 Å². The maximum absolute atomic E-state index is 9.93. The van der Waals surface area contributed by atoms with Gasteiger partial charge < -0.3 is 5.11 Å². The Kier molecular flexibility index (Phi) is 1.88. The van der Waals surface area contributed by atoms with Gasteiger partial charge in [0, 0.05) is 5.41 Å². The lowest BCUT2D eigenvalue weighted by atomic mass is 9.68. The Morgan fingerprint density at radius 2 is 2.31 bits per heavy atom. The van der Waals surface area contributed by atoms with Crippen molar-refractivity contribution < 1.29 is 5.11 Å². The minimum absolute atomic E-state index is 0.0787. The van der Waals surface area contributed by atoms with E-state index in [4.69, 9.17) is 0 Å². The van der Waals surface area contributed by atoms with Crippen molar-refractivity contribution in [2.75, 3.05) is 0 Å². The molecule has 2 bridgehead atoms. The van der Waals surface area contributed by atoms with E-state index in [1.54, 1.807) is 6.08 Å². The van der Waals surface area contributed by atoms with Crippen molar-refractivity contribution in [2.45, 2.75) is 32.3 Å². The molecule has 1 heteroatoms. The van der Waals surface area contributed by atoms with Gasteiger partial charge in [-0.2, -0.15) is 0 Å². The van der Waals surface area contributed by atoms with Gasteiger partial charge >= 0.3 is 0 Å². The smallest absolute Gasteiger partial charge is 0.0811 e. The van der Waals surface area contributed by atoms with Crippen molar-refractivity contribution in [1.29, 1.82) is 0 Å². The summed E-state index contributed by atoms with van der Waals surface area (Å²) in [5, 5.41) is 9.93. The summed E-state index contributed by atoms with van der Waals surface area (Å²) in [7, 11) is 0. The SMILES string of the molecule is C=CC(O)[C@@]1(C)C(=C)[C@@H]2CC[C@H]1C2. The van der Waals surface area contributed by atoms with Gasteiger partial charge in [-0.05, 0) is 31.1 Å². The highest BCUT2D eigenvalue weighted by Gasteiger charge is 2.53. The molecule has 2 aliphatic rings. The fourth-order valence-electron chi connectivity index (χ4n) is 3.22. The minimum Gasteiger partial charge on any atom is -0.388 e. The lowest BCUT2D eigenvalue weighted by molar-refractivity contribution is 0.0645. The molecule has 0 aromatic carbocycles. The average Bonchev–Trinajstić information content (AvgIpc) is 2.69. The van der Waals surface area contributed by atoms with Gasteiger partial charge in [-0.25, -0.2) is 0 Å². The van der Waals surface area contributed by atoms with Crippen LogP contribution in [-0.2, 0) is 0 Å². The largest absolute Gasteiger partial charge is 0.388 e. The molecule has 2 rings (SSSR count). The van der Waals surface area contributed by atoms with Crippen LogP contribution in [0.25, 0.3) is 0 Å². The van der Waals surface area contributed by atoms with E-state index in [1.165, 1.54) is 24.8 Å². The molecule has 0 radical (unpaired) electrons. The Hall–Kier alpha value is -0.560. The van der Waals surface area contributed by atoms with Crippen LogP contribution in [0.4, 0.5) is 0 Å². The molecule has 0 aliphatic heterocycles. The molecule has 0 amide bonds. The number of hydrogen-bond acceptors (Lipinski definition) is 1. The van der Waals surface area contributed by atoms with Crippen molar-refractivity contribution in [3.8, 4) is 0 Å². The predicted molar refractivity (Wildman–Crippen MR) is 54.3 cm³/mol. The lowest BCUT2D eigenvalue weighted by Gasteiger charge is -2.38. The number of aliphatic hydroxyl groups excluding tert-OH is 1. The zero-order valence-electron chi connectivity index (χ0n) is 8.29. The molecular formula is C12H18O. The molecule has 0 aromatic rings. The Balaban J connectivity index is 2.32. The van der Waals surface area contributed by atoms with E-state index in [-0.39, 0.29) is 5.41 Å². The van der Waals surface area contributed by atoms with Crippen LogP contribution in [0.5, 0.6) is 0 Å². The number of aliphatic hydroxyl groups is 1. The Morgan fingerprint density at radius 3 is 2.77 bits per heavy atom. The summed E-state index contributed by atoms with van der Waals surface area (Å²) in [4.78, 5) is 0. The standard InChI is InChI=1S/C12H18O/c1-4-11(13)12(3)8(2)9-5-6-10(12)7-9/h4,9-11,13H,1-2,5-7H2,3H3/t9-,10+,11?,12+/m1/s1. The molecule has 2 aliphatic carbocycles. The first-order valence-electron chi connectivity index (χ1n) is 5.10. The monoisotopic (exact) mass is 178 g/mol. The molecule has 0 saturated heterocycles. The third-order valence-corrected chi connectivity index (χ3v) is 4.30. The molecule has 72 valence electrons. The van der Waals surface area contributed by atoms with Gasteiger partial charge in [0.05, 0.1) is 6.10 Å². The molecule has 1 unspecified atom stereocenters. The summed E-state index contributed by atoms with van der Waals surface area (Å²) < 4.78 is 0. The Morgan fingerprint density at radius 1 is 1.62 bits per heavy atom. The van der Waals surface area contributed by atoms with E-state index >= 15 is 0 Å². The highest BCUT2D eigenvalue weighted by atomic mass is 16.3. The van der Waals surface area contributed by atoms with E-state index in [2.05, 4.69) is 20.1 Å². The van der Waals surface area contributed by atoms with Crippen molar-refractivity contribution >= 4 is 0 Å². The fourth-order valence-corrected chi connectivity index (χ4v) is 3.22. The molecule has 2 fully saturated rings. The lowest BCUT2D eigenvalue weighted by Crippen LogP contribution is -2.37. The van der Waals surface area contributed by atoms with Crippen molar-refractivity contribution in [1.82, 2.24) is 0 Å². The number of hydrogen-bond donors (Lipinski definition) is 1. The molecule has 0 aromatic heterocycles. The van der Waals surface area contributed by atoms with Crippen molar-refractivity contribution in [3.63, 3.8) is 0 Å². The van der Waals surface area contributed by atoms with Crippen LogP contribution in [0.15, 0.2) is 24.8 Å². The van der Waals surface area contributed by atoms with Gasteiger partial charge in [-0.1, -0.05) is 25.2 Å². The van der Waals surface area contributed by atoms with E-state index in [0.29, 0.717) is 11.8 Å². The molecule has 4 atom stereocenters. The topological polar surface area (TPSA) is 20.2 Å². The van der Waals surface area contributed by atoms with Gasteiger partial charge in [-0.15, -0.1) is 6.58 Å². The molecular weight excluding hydrogens is 160 g/mol. The molecule has 0 heterocycles. The summed E-state index contributed by atoms with van der Waals surface area (Å²) in [5.74, 6) is 1.31. The van der Waals surface area contributed by atoms with Crippen LogP contribution in [0.2, 0.25) is 0 Å². The molecule has 13 heavy (non-hydrogen) atoms. The summed E-state index contributed by atoms with van der Waals surface area (Å²) in [6, 6.07) is 0. The van der Waals surface area contributed by atoms with Crippen LogP contribution in [0.1, 0.15) is 26.2 Å². The first-order valence-corrected chi connectivity index (χ1v) is 5.10. The van der Waals surface area contributed by atoms with Gasteiger partial charge in [-0.3, -0.25) is 0 Å². The van der Waals surface area contributed by atoms with E-state index < -0.39 is 6.10 Å². The summed E-state index contributed by atoms with van der Waals surface area (Å²) in [5.41, 5.74) is 1.18. The van der Waals surface area contributed by atoms with E-state index in [9.17, 15) is 5.11 Å². The third kappa shape index (κ3) is 0.969. The van der Waals surface area contributed by atoms with Gasteiger partial charge in [0.15, 0.2) is 0 Å².